The highest BCUT2D eigenvalue weighted by Crippen LogP contribution is 2.27. The molecule has 6 nitrogen and oxygen atoms in total. The first kappa shape index (κ1) is 19.4. The third-order valence-electron chi connectivity index (χ3n) is 3.82. The molecule has 3 rings (SSSR count). The maximum atomic E-state index is 12.9. The van der Waals surface area contributed by atoms with Gasteiger partial charge in [-0.05, 0) is 42.8 Å². The predicted octanol–water partition coefficient (Wildman–Crippen LogP) is 3.37. The fraction of sp³-hybridized carbons (Fsp3) is 0.222. The molecule has 0 fully saturated rings. The van der Waals surface area contributed by atoms with Crippen LogP contribution in [-0.4, -0.2) is 41.8 Å². The standard InChI is InChI=1S/C18H18FN3O3S2/c1-25-17-6-3-2-5-16(17)22-13-20-21-18(22)26-11-4-12-27(23,24)15-9-7-14(19)8-10-15/h2-3,5-10,13H,4,11-12H2,1H3. The van der Waals surface area contributed by atoms with Crippen LogP contribution in [0.25, 0.3) is 5.69 Å². The Bertz CT molecular complexity index is 1000. The van der Waals surface area contributed by atoms with E-state index in [9.17, 15) is 12.8 Å². The Morgan fingerprint density at radius 2 is 1.89 bits per heavy atom. The quantitative estimate of drug-likeness (QED) is 0.324. The van der Waals surface area contributed by atoms with Gasteiger partial charge in [-0.2, -0.15) is 0 Å². The molecule has 1 heterocycles. The zero-order valence-corrected chi connectivity index (χ0v) is 16.2. The van der Waals surface area contributed by atoms with Crippen molar-refractivity contribution in [2.24, 2.45) is 0 Å². The topological polar surface area (TPSA) is 74.1 Å². The Balaban J connectivity index is 1.62. The third kappa shape index (κ3) is 4.67. The molecule has 9 heteroatoms. The fourth-order valence-corrected chi connectivity index (χ4v) is 4.84. The van der Waals surface area contributed by atoms with E-state index in [4.69, 9.17) is 4.74 Å². The van der Waals surface area contributed by atoms with Gasteiger partial charge < -0.3 is 4.74 Å². The van der Waals surface area contributed by atoms with Gasteiger partial charge in [0.2, 0.25) is 0 Å². The largest absolute Gasteiger partial charge is 0.495 e. The summed E-state index contributed by atoms with van der Waals surface area (Å²) < 4.78 is 44.7. The number of sulfone groups is 1. The Kier molecular flexibility index (Phi) is 6.12. The summed E-state index contributed by atoms with van der Waals surface area (Å²) in [6, 6.07) is 12.4. The molecule has 0 aliphatic rings. The first-order valence-electron chi connectivity index (χ1n) is 8.16. The number of hydrogen-bond donors (Lipinski definition) is 0. The molecule has 0 amide bonds. The molecule has 3 aromatic rings. The second-order valence-corrected chi connectivity index (χ2v) is 8.80. The lowest BCUT2D eigenvalue weighted by Gasteiger charge is -2.10. The van der Waals surface area contributed by atoms with Crippen LogP contribution in [0.4, 0.5) is 4.39 Å². The van der Waals surface area contributed by atoms with Crippen LogP contribution in [0.2, 0.25) is 0 Å². The van der Waals surface area contributed by atoms with Crippen molar-refractivity contribution in [1.82, 2.24) is 14.8 Å². The normalized spacial score (nSPS) is 11.5. The molecule has 0 saturated heterocycles. The average molecular weight is 407 g/mol. The summed E-state index contributed by atoms with van der Waals surface area (Å²) in [4.78, 5) is 0.131. The smallest absolute Gasteiger partial charge is 0.195 e. The molecule has 0 spiro atoms. The average Bonchev–Trinajstić information content (AvgIpc) is 3.14. The number of nitrogens with zero attached hydrogens (tertiary/aromatic N) is 3. The second-order valence-electron chi connectivity index (χ2n) is 5.63. The first-order chi connectivity index (χ1) is 13.0. The number of halogens is 1. The molecule has 0 atom stereocenters. The van der Waals surface area contributed by atoms with Gasteiger partial charge in [-0.1, -0.05) is 23.9 Å². The van der Waals surface area contributed by atoms with Crippen molar-refractivity contribution in [3.63, 3.8) is 0 Å². The highest BCUT2D eigenvalue weighted by Gasteiger charge is 2.15. The number of ether oxygens (including phenoxy) is 1. The monoisotopic (exact) mass is 407 g/mol. The van der Waals surface area contributed by atoms with Gasteiger partial charge in [-0.25, -0.2) is 12.8 Å². The Morgan fingerprint density at radius 3 is 2.63 bits per heavy atom. The molecule has 0 radical (unpaired) electrons. The molecule has 27 heavy (non-hydrogen) atoms. The Hall–Kier alpha value is -2.39. The summed E-state index contributed by atoms with van der Waals surface area (Å²) >= 11 is 1.42. The number of benzene rings is 2. The van der Waals surface area contributed by atoms with E-state index in [2.05, 4.69) is 10.2 Å². The van der Waals surface area contributed by atoms with Gasteiger partial charge in [0.25, 0.3) is 0 Å². The van der Waals surface area contributed by atoms with Crippen molar-refractivity contribution >= 4 is 21.6 Å². The summed E-state index contributed by atoms with van der Waals surface area (Å²) in [6.45, 7) is 0. The number of aromatic nitrogens is 3. The van der Waals surface area contributed by atoms with Crippen LogP contribution in [0.5, 0.6) is 5.75 Å². The van der Waals surface area contributed by atoms with E-state index in [1.54, 1.807) is 18.0 Å². The van der Waals surface area contributed by atoms with Crippen molar-refractivity contribution < 1.29 is 17.5 Å². The van der Waals surface area contributed by atoms with Gasteiger partial charge in [-0.15, -0.1) is 10.2 Å². The van der Waals surface area contributed by atoms with Gasteiger partial charge in [0.15, 0.2) is 15.0 Å². The number of hydrogen-bond acceptors (Lipinski definition) is 6. The molecule has 1 aromatic heterocycles. The zero-order chi connectivity index (χ0) is 19.3. The third-order valence-corrected chi connectivity index (χ3v) is 6.67. The van der Waals surface area contributed by atoms with E-state index in [1.807, 2.05) is 24.3 Å². The van der Waals surface area contributed by atoms with Crippen LogP contribution >= 0.6 is 11.8 Å². The van der Waals surface area contributed by atoms with Gasteiger partial charge in [0.05, 0.1) is 23.4 Å². The molecule has 0 unspecified atom stereocenters. The highest BCUT2D eigenvalue weighted by molar-refractivity contribution is 7.99. The summed E-state index contributed by atoms with van der Waals surface area (Å²) in [5, 5.41) is 8.69. The molecular weight excluding hydrogens is 389 g/mol. The van der Waals surface area contributed by atoms with Crippen molar-refractivity contribution in [2.45, 2.75) is 16.5 Å². The lowest BCUT2D eigenvalue weighted by atomic mass is 10.3. The van der Waals surface area contributed by atoms with Crippen molar-refractivity contribution in [2.75, 3.05) is 18.6 Å². The number of thioether (sulfide) groups is 1. The van der Waals surface area contributed by atoms with E-state index >= 15 is 0 Å². The molecule has 2 aromatic carbocycles. The van der Waals surface area contributed by atoms with Crippen LogP contribution in [0.15, 0.2) is 64.9 Å². The van der Waals surface area contributed by atoms with Crippen molar-refractivity contribution in [3.05, 3.63) is 60.7 Å². The lowest BCUT2D eigenvalue weighted by molar-refractivity contribution is 0.412. The van der Waals surface area contributed by atoms with E-state index < -0.39 is 15.7 Å². The lowest BCUT2D eigenvalue weighted by Crippen LogP contribution is -2.08. The van der Waals surface area contributed by atoms with Gasteiger partial charge >= 0.3 is 0 Å². The highest BCUT2D eigenvalue weighted by atomic mass is 32.2. The maximum absolute atomic E-state index is 12.9. The Morgan fingerprint density at radius 1 is 1.15 bits per heavy atom. The molecule has 0 aliphatic carbocycles. The van der Waals surface area contributed by atoms with E-state index in [0.717, 1.165) is 17.8 Å². The van der Waals surface area contributed by atoms with Crippen LogP contribution in [0.3, 0.4) is 0 Å². The minimum Gasteiger partial charge on any atom is -0.495 e. The maximum Gasteiger partial charge on any atom is 0.195 e. The van der Waals surface area contributed by atoms with E-state index in [1.165, 1.54) is 23.9 Å². The fourth-order valence-electron chi connectivity index (χ4n) is 2.49. The molecular formula is C18H18FN3O3S2. The summed E-state index contributed by atoms with van der Waals surface area (Å²) in [6.07, 6.45) is 2.03. The summed E-state index contributed by atoms with van der Waals surface area (Å²) in [5.41, 5.74) is 0.812. The molecule has 0 saturated carbocycles. The van der Waals surface area contributed by atoms with E-state index in [0.29, 0.717) is 23.1 Å². The SMILES string of the molecule is COc1ccccc1-n1cnnc1SCCCS(=O)(=O)c1ccc(F)cc1. The van der Waals surface area contributed by atoms with Crippen LogP contribution in [0, 0.1) is 5.82 Å². The minimum atomic E-state index is -3.43. The van der Waals surface area contributed by atoms with E-state index in [-0.39, 0.29) is 10.6 Å². The molecule has 0 bridgehead atoms. The summed E-state index contributed by atoms with van der Waals surface area (Å²) in [7, 11) is -1.84. The van der Waals surface area contributed by atoms with Crippen LogP contribution in [0.1, 0.15) is 6.42 Å². The summed E-state index contributed by atoms with van der Waals surface area (Å²) in [5.74, 6) is 0.765. The molecule has 0 N–H and O–H groups in total. The van der Waals surface area contributed by atoms with Crippen molar-refractivity contribution in [1.29, 1.82) is 0 Å². The minimum absolute atomic E-state index is 0.0194. The number of para-hydroxylation sites is 2. The second kappa shape index (κ2) is 8.53. The predicted molar refractivity (Wildman–Crippen MR) is 102 cm³/mol. The first-order valence-corrected chi connectivity index (χ1v) is 10.8. The molecule has 142 valence electrons. The zero-order valence-electron chi connectivity index (χ0n) is 14.6. The van der Waals surface area contributed by atoms with Crippen LogP contribution in [-0.2, 0) is 9.84 Å². The van der Waals surface area contributed by atoms with Gasteiger partial charge in [0.1, 0.15) is 17.9 Å². The van der Waals surface area contributed by atoms with Crippen molar-refractivity contribution in [3.8, 4) is 11.4 Å². The number of rotatable bonds is 8. The van der Waals surface area contributed by atoms with Crippen LogP contribution < -0.4 is 4.74 Å². The van der Waals surface area contributed by atoms with Gasteiger partial charge in [0, 0.05) is 5.75 Å². The molecule has 0 aliphatic heterocycles. The number of methoxy groups -OCH3 is 1. The van der Waals surface area contributed by atoms with Gasteiger partial charge in [-0.3, -0.25) is 4.57 Å². The Labute approximate surface area is 161 Å².